The molecule has 0 saturated heterocycles. The van der Waals surface area contributed by atoms with Crippen molar-refractivity contribution < 1.29 is 14.3 Å². The highest BCUT2D eigenvalue weighted by Gasteiger charge is 2.10. The highest BCUT2D eigenvalue weighted by molar-refractivity contribution is 7.99. The third-order valence-corrected chi connectivity index (χ3v) is 3.82. The van der Waals surface area contributed by atoms with E-state index >= 15 is 0 Å². The van der Waals surface area contributed by atoms with Gasteiger partial charge in [-0.05, 0) is 30.7 Å². The number of H-pyrrole nitrogens is 2. The molecule has 10 heteroatoms. The van der Waals surface area contributed by atoms with Crippen LogP contribution in [0.5, 0.6) is 0 Å². The fourth-order valence-electron chi connectivity index (χ4n) is 1.73. The first-order valence-corrected chi connectivity index (χ1v) is 8.37. The van der Waals surface area contributed by atoms with Crippen LogP contribution in [-0.4, -0.2) is 39.4 Å². The molecule has 1 aromatic heterocycles. The minimum atomic E-state index is -0.712. The second-order valence-electron chi connectivity index (χ2n) is 4.86. The van der Waals surface area contributed by atoms with E-state index in [1.54, 1.807) is 24.3 Å². The van der Waals surface area contributed by atoms with E-state index in [9.17, 15) is 19.2 Å². The van der Waals surface area contributed by atoms with Gasteiger partial charge in [-0.15, -0.1) is 0 Å². The summed E-state index contributed by atoms with van der Waals surface area (Å²) in [5, 5.41) is 8.27. The zero-order valence-corrected chi connectivity index (χ0v) is 14.1. The Morgan fingerprint density at radius 3 is 2.60 bits per heavy atom. The predicted molar refractivity (Wildman–Crippen MR) is 91.8 cm³/mol. The normalized spacial score (nSPS) is 10.3. The SMILES string of the molecule is CCCOC(=O)c1ccc(NC(=O)CSc2n[nH]c(=O)[nH]c2=O)cc1. The van der Waals surface area contributed by atoms with Gasteiger partial charge in [0, 0.05) is 5.69 Å². The van der Waals surface area contributed by atoms with Crippen molar-refractivity contribution in [1.82, 2.24) is 15.2 Å². The number of aromatic nitrogens is 3. The fraction of sp³-hybridized carbons (Fsp3) is 0.267. The van der Waals surface area contributed by atoms with Gasteiger partial charge in [-0.1, -0.05) is 18.7 Å². The number of carbonyl (C=O) groups is 2. The maximum Gasteiger partial charge on any atom is 0.342 e. The van der Waals surface area contributed by atoms with Gasteiger partial charge in [-0.2, -0.15) is 5.10 Å². The smallest absolute Gasteiger partial charge is 0.342 e. The third kappa shape index (κ3) is 5.60. The van der Waals surface area contributed by atoms with Crippen molar-refractivity contribution in [3.05, 3.63) is 50.7 Å². The zero-order valence-electron chi connectivity index (χ0n) is 13.3. The Bertz CT molecular complexity index is 859. The van der Waals surface area contributed by atoms with E-state index in [4.69, 9.17) is 4.74 Å². The number of ether oxygens (including phenoxy) is 1. The third-order valence-electron chi connectivity index (χ3n) is 2.86. The molecule has 1 amide bonds. The second-order valence-corrected chi connectivity index (χ2v) is 5.83. The minimum Gasteiger partial charge on any atom is -0.462 e. The quantitative estimate of drug-likeness (QED) is 0.487. The van der Waals surface area contributed by atoms with E-state index < -0.39 is 17.2 Å². The highest BCUT2D eigenvalue weighted by Crippen LogP contribution is 2.13. The summed E-state index contributed by atoms with van der Waals surface area (Å²) in [5.41, 5.74) is -0.473. The number of esters is 1. The maximum atomic E-state index is 11.9. The van der Waals surface area contributed by atoms with Crippen molar-refractivity contribution in [3.63, 3.8) is 0 Å². The maximum absolute atomic E-state index is 11.9. The lowest BCUT2D eigenvalue weighted by Gasteiger charge is -2.06. The molecule has 0 saturated carbocycles. The lowest BCUT2D eigenvalue weighted by Crippen LogP contribution is -2.25. The Morgan fingerprint density at radius 1 is 1.24 bits per heavy atom. The largest absolute Gasteiger partial charge is 0.462 e. The molecule has 3 N–H and O–H groups in total. The Labute approximate surface area is 146 Å². The molecule has 2 rings (SSSR count). The van der Waals surface area contributed by atoms with Gasteiger partial charge in [0.1, 0.15) is 0 Å². The first kappa shape index (κ1) is 18.5. The van der Waals surface area contributed by atoms with E-state index in [0.717, 1.165) is 18.2 Å². The molecule has 0 aliphatic rings. The first-order valence-electron chi connectivity index (χ1n) is 7.38. The van der Waals surface area contributed by atoms with Crippen molar-refractivity contribution in [2.45, 2.75) is 18.4 Å². The van der Waals surface area contributed by atoms with E-state index in [-0.39, 0.29) is 16.7 Å². The highest BCUT2D eigenvalue weighted by atomic mass is 32.2. The molecule has 0 aliphatic heterocycles. The van der Waals surface area contributed by atoms with Gasteiger partial charge >= 0.3 is 11.7 Å². The predicted octanol–water partition coefficient (Wildman–Crippen LogP) is 0.756. The van der Waals surface area contributed by atoms with Gasteiger partial charge < -0.3 is 10.1 Å². The number of thioether (sulfide) groups is 1. The molecule has 0 bridgehead atoms. The number of hydrogen-bond donors (Lipinski definition) is 3. The number of rotatable bonds is 7. The molecular weight excluding hydrogens is 348 g/mol. The van der Waals surface area contributed by atoms with Gasteiger partial charge in [0.15, 0.2) is 5.03 Å². The summed E-state index contributed by atoms with van der Waals surface area (Å²) in [7, 11) is 0. The lowest BCUT2D eigenvalue weighted by atomic mass is 10.2. The number of anilines is 1. The standard InChI is InChI=1S/C15H16N4O5S/c1-2-7-24-14(22)9-3-5-10(6-4-9)16-11(20)8-25-13-12(21)17-15(23)19-18-13/h3-6H,2,7-8H2,1H3,(H,16,20)(H2,17,19,21,23). The van der Waals surface area contributed by atoms with E-state index in [1.807, 2.05) is 11.9 Å². The summed E-state index contributed by atoms with van der Waals surface area (Å²) >= 11 is 0.889. The summed E-state index contributed by atoms with van der Waals surface area (Å²) in [5.74, 6) is -0.847. The number of amides is 1. The summed E-state index contributed by atoms with van der Waals surface area (Å²) in [6.07, 6.45) is 0.741. The Balaban J connectivity index is 1.89. The second kappa shape index (κ2) is 8.83. The molecular formula is C15H16N4O5S. The topological polar surface area (TPSA) is 134 Å². The van der Waals surface area contributed by atoms with Crippen LogP contribution in [0.25, 0.3) is 0 Å². The average molecular weight is 364 g/mol. The number of hydrogen-bond acceptors (Lipinski definition) is 7. The molecule has 25 heavy (non-hydrogen) atoms. The number of carbonyl (C=O) groups excluding carboxylic acids is 2. The van der Waals surface area contributed by atoms with Crippen LogP contribution in [0.15, 0.2) is 38.9 Å². The Morgan fingerprint density at radius 2 is 1.96 bits per heavy atom. The molecule has 0 radical (unpaired) electrons. The van der Waals surface area contributed by atoms with Crippen LogP contribution in [-0.2, 0) is 9.53 Å². The van der Waals surface area contributed by atoms with Gasteiger partial charge in [0.25, 0.3) is 5.56 Å². The number of nitrogens with one attached hydrogen (secondary N) is 3. The summed E-state index contributed by atoms with van der Waals surface area (Å²) in [6.45, 7) is 2.26. The fourth-order valence-corrected chi connectivity index (χ4v) is 2.37. The molecule has 132 valence electrons. The van der Waals surface area contributed by atoms with Crippen LogP contribution in [0.4, 0.5) is 5.69 Å². The Hall–Kier alpha value is -2.88. The van der Waals surface area contributed by atoms with Gasteiger partial charge in [-0.25, -0.2) is 14.7 Å². The number of benzene rings is 1. The summed E-state index contributed by atoms with van der Waals surface area (Å²) in [4.78, 5) is 47.9. The summed E-state index contributed by atoms with van der Waals surface area (Å²) in [6, 6.07) is 6.26. The van der Waals surface area contributed by atoms with Crippen LogP contribution in [0.2, 0.25) is 0 Å². The van der Waals surface area contributed by atoms with Crippen LogP contribution in [0.3, 0.4) is 0 Å². The van der Waals surface area contributed by atoms with Gasteiger partial charge in [0.2, 0.25) is 5.91 Å². The van der Waals surface area contributed by atoms with Crippen LogP contribution < -0.4 is 16.6 Å². The van der Waals surface area contributed by atoms with E-state index in [2.05, 4.69) is 15.5 Å². The molecule has 1 heterocycles. The average Bonchev–Trinajstić information content (AvgIpc) is 2.59. The molecule has 0 atom stereocenters. The molecule has 9 nitrogen and oxygen atoms in total. The number of nitrogens with zero attached hydrogens (tertiary/aromatic N) is 1. The van der Waals surface area contributed by atoms with E-state index in [1.165, 1.54) is 0 Å². The zero-order chi connectivity index (χ0) is 18.2. The Kier molecular flexibility index (Phi) is 6.52. The van der Waals surface area contributed by atoms with Crippen molar-refractivity contribution in [3.8, 4) is 0 Å². The van der Waals surface area contributed by atoms with Gasteiger partial charge in [0.05, 0.1) is 17.9 Å². The van der Waals surface area contributed by atoms with Crippen LogP contribution in [0, 0.1) is 0 Å². The molecule has 0 unspecified atom stereocenters. The van der Waals surface area contributed by atoms with Crippen molar-refractivity contribution in [1.29, 1.82) is 0 Å². The number of aromatic amines is 2. The van der Waals surface area contributed by atoms with Crippen molar-refractivity contribution in [2.24, 2.45) is 0 Å². The molecule has 0 spiro atoms. The van der Waals surface area contributed by atoms with Crippen LogP contribution in [0.1, 0.15) is 23.7 Å². The molecule has 2 aromatic rings. The van der Waals surface area contributed by atoms with Crippen LogP contribution >= 0.6 is 11.8 Å². The van der Waals surface area contributed by atoms with Crippen molar-refractivity contribution in [2.75, 3.05) is 17.7 Å². The minimum absolute atomic E-state index is 0.0104. The molecule has 0 aliphatic carbocycles. The molecule has 1 aromatic carbocycles. The monoisotopic (exact) mass is 364 g/mol. The summed E-state index contributed by atoms with van der Waals surface area (Å²) < 4.78 is 5.01. The lowest BCUT2D eigenvalue weighted by molar-refractivity contribution is -0.113. The van der Waals surface area contributed by atoms with E-state index in [0.29, 0.717) is 17.9 Å². The first-order chi connectivity index (χ1) is 12.0. The van der Waals surface area contributed by atoms with Gasteiger partial charge in [-0.3, -0.25) is 14.6 Å². The molecule has 0 fully saturated rings. The van der Waals surface area contributed by atoms with Crippen molar-refractivity contribution >= 4 is 29.3 Å².